The first-order valence-corrected chi connectivity index (χ1v) is 6.52. The Labute approximate surface area is 111 Å². The van der Waals surface area contributed by atoms with Crippen LogP contribution in [0.3, 0.4) is 0 Å². The lowest BCUT2D eigenvalue weighted by Gasteiger charge is -2.06. The van der Waals surface area contributed by atoms with Gasteiger partial charge >= 0.3 is 5.69 Å². The summed E-state index contributed by atoms with van der Waals surface area (Å²) in [6.07, 6.45) is 0. The molecule has 0 fully saturated rings. The summed E-state index contributed by atoms with van der Waals surface area (Å²) in [5, 5.41) is 11.8. The van der Waals surface area contributed by atoms with Gasteiger partial charge in [-0.2, -0.15) is 0 Å². The van der Waals surface area contributed by atoms with E-state index in [1.807, 2.05) is 17.5 Å². The van der Waals surface area contributed by atoms with Gasteiger partial charge in [0.15, 0.2) is 0 Å². The number of benzene rings is 1. The maximum atomic E-state index is 12.3. The van der Waals surface area contributed by atoms with E-state index >= 15 is 0 Å². The lowest BCUT2D eigenvalue weighted by molar-refractivity contribution is 0.480. The van der Waals surface area contributed by atoms with Crippen LogP contribution in [-0.2, 0) is 6.54 Å². The van der Waals surface area contributed by atoms with E-state index in [9.17, 15) is 14.7 Å². The molecule has 0 radical (unpaired) electrons. The molecule has 2 aromatic heterocycles. The Morgan fingerprint density at radius 1 is 1.21 bits per heavy atom. The zero-order chi connectivity index (χ0) is 13.4. The number of thiophene rings is 1. The Balaban J connectivity index is 2.28. The van der Waals surface area contributed by atoms with E-state index in [1.54, 1.807) is 12.1 Å². The van der Waals surface area contributed by atoms with Crippen LogP contribution in [0.5, 0.6) is 5.75 Å². The molecule has 1 aromatic carbocycles. The number of phenolic OH excluding ortho intramolecular Hbond substituents is 1. The van der Waals surface area contributed by atoms with Crippen LogP contribution < -0.4 is 11.2 Å². The molecule has 0 amide bonds. The Kier molecular flexibility index (Phi) is 2.72. The summed E-state index contributed by atoms with van der Waals surface area (Å²) >= 11 is 1.47. The number of phenols is 1. The van der Waals surface area contributed by atoms with Gasteiger partial charge in [-0.25, -0.2) is 4.79 Å². The molecule has 0 aliphatic carbocycles. The van der Waals surface area contributed by atoms with Gasteiger partial charge in [-0.15, -0.1) is 11.3 Å². The lowest BCUT2D eigenvalue weighted by atomic mass is 10.2. The fraction of sp³-hybridized carbons (Fsp3) is 0.0769. The smallest absolute Gasteiger partial charge is 0.329 e. The average molecular weight is 274 g/mol. The van der Waals surface area contributed by atoms with E-state index in [1.165, 1.54) is 17.4 Å². The summed E-state index contributed by atoms with van der Waals surface area (Å²) in [7, 11) is 0. The number of nitrogens with one attached hydrogen (secondary N) is 1. The van der Waals surface area contributed by atoms with Crippen molar-refractivity contribution in [3.8, 4) is 5.75 Å². The molecule has 2 N–H and O–H groups in total. The quantitative estimate of drug-likeness (QED) is 0.743. The molecule has 0 bridgehead atoms. The van der Waals surface area contributed by atoms with E-state index in [4.69, 9.17) is 0 Å². The maximum absolute atomic E-state index is 12.3. The highest BCUT2D eigenvalue weighted by Crippen LogP contribution is 2.18. The first kappa shape index (κ1) is 11.7. The Hall–Kier alpha value is -2.34. The zero-order valence-corrected chi connectivity index (χ0v) is 10.6. The van der Waals surface area contributed by atoms with Gasteiger partial charge in [0.05, 0.1) is 12.1 Å². The molecule has 19 heavy (non-hydrogen) atoms. The largest absolute Gasteiger partial charge is 0.507 e. The first-order valence-electron chi connectivity index (χ1n) is 5.64. The van der Waals surface area contributed by atoms with Gasteiger partial charge in [-0.1, -0.05) is 12.1 Å². The van der Waals surface area contributed by atoms with E-state index in [-0.39, 0.29) is 17.7 Å². The highest BCUT2D eigenvalue weighted by atomic mass is 32.1. The number of hydrogen-bond donors (Lipinski definition) is 2. The molecule has 2 heterocycles. The zero-order valence-electron chi connectivity index (χ0n) is 9.79. The second kappa shape index (κ2) is 4.40. The highest BCUT2D eigenvalue weighted by Gasteiger charge is 2.11. The van der Waals surface area contributed by atoms with Crippen molar-refractivity contribution in [3.63, 3.8) is 0 Å². The molecule has 96 valence electrons. The van der Waals surface area contributed by atoms with Crippen LogP contribution in [0.2, 0.25) is 0 Å². The fourth-order valence-corrected chi connectivity index (χ4v) is 2.67. The molecular formula is C13H10N2O3S. The molecule has 3 rings (SSSR count). The van der Waals surface area contributed by atoms with Gasteiger partial charge in [0.2, 0.25) is 0 Å². The van der Waals surface area contributed by atoms with Gasteiger partial charge in [-0.05, 0) is 23.6 Å². The second-order valence-corrected chi connectivity index (χ2v) is 5.13. The van der Waals surface area contributed by atoms with Crippen molar-refractivity contribution in [2.45, 2.75) is 6.54 Å². The van der Waals surface area contributed by atoms with Crippen LogP contribution >= 0.6 is 11.3 Å². The minimum atomic E-state index is -0.481. The average Bonchev–Trinajstić information content (AvgIpc) is 2.87. The minimum Gasteiger partial charge on any atom is -0.507 e. The lowest BCUT2D eigenvalue weighted by Crippen LogP contribution is -2.35. The van der Waals surface area contributed by atoms with Crippen LogP contribution in [-0.4, -0.2) is 14.7 Å². The van der Waals surface area contributed by atoms with Gasteiger partial charge < -0.3 is 10.1 Å². The van der Waals surface area contributed by atoms with Gasteiger partial charge in [-0.3, -0.25) is 9.36 Å². The first-order chi connectivity index (χ1) is 9.16. The number of fused-ring (bicyclic) bond motifs is 1. The Bertz CT molecular complexity index is 846. The monoisotopic (exact) mass is 274 g/mol. The molecule has 0 aliphatic heterocycles. The molecule has 0 aliphatic rings. The summed E-state index contributed by atoms with van der Waals surface area (Å²) < 4.78 is 1.09. The van der Waals surface area contributed by atoms with Crippen LogP contribution in [0.1, 0.15) is 4.88 Å². The summed E-state index contributed by atoms with van der Waals surface area (Å²) in [5.74, 6) is -0.126. The van der Waals surface area contributed by atoms with Gasteiger partial charge in [0.1, 0.15) is 11.1 Å². The number of aromatic amines is 1. The van der Waals surface area contributed by atoms with Crippen LogP contribution in [0.4, 0.5) is 0 Å². The van der Waals surface area contributed by atoms with E-state index < -0.39 is 11.2 Å². The van der Waals surface area contributed by atoms with Crippen molar-refractivity contribution >= 4 is 22.2 Å². The van der Waals surface area contributed by atoms with E-state index in [0.29, 0.717) is 5.52 Å². The standard InChI is InChI=1S/C13H10N2O3S/c16-10-5-1-4-9-11(10)12(17)15(13(18)14-9)7-8-3-2-6-19-8/h1-6,16H,7H2,(H,14,18). The summed E-state index contributed by atoms with van der Waals surface area (Å²) in [4.78, 5) is 27.7. The van der Waals surface area contributed by atoms with Crippen molar-refractivity contribution < 1.29 is 5.11 Å². The van der Waals surface area contributed by atoms with Crippen molar-refractivity contribution in [1.82, 2.24) is 9.55 Å². The molecule has 0 spiro atoms. The highest BCUT2D eigenvalue weighted by molar-refractivity contribution is 7.09. The molecule has 3 aromatic rings. The topological polar surface area (TPSA) is 75.1 Å². The normalized spacial score (nSPS) is 10.9. The number of nitrogens with zero attached hydrogens (tertiary/aromatic N) is 1. The SMILES string of the molecule is O=c1[nH]c2cccc(O)c2c(=O)n1Cc1cccs1. The third-order valence-electron chi connectivity index (χ3n) is 2.88. The third kappa shape index (κ3) is 1.96. The van der Waals surface area contributed by atoms with Crippen molar-refractivity contribution in [2.24, 2.45) is 0 Å². The van der Waals surface area contributed by atoms with E-state index in [0.717, 1.165) is 9.44 Å². The maximum Gasteiger partial charge on any atom is 0.329 e. The molecule has 0 atom stereocenters. The van der Waals surface area contributed by atoms with Crippen molar-refractivity contribution in [1.29, 1.82) is 0 Å². The number of aromatic hydroxyl groups is 1. The van der Waals surface area contributed by atoms with Crippen LogP contribution in [0, 0.1) is 0 Å². The summed E-state index contributed by atoms with van der Waals surface area (Å²) in [5.41, 5.74) is -0.612. The predicted molar refractivity (Wildman–Crippen MR) is 73.9 cm³/mol. The van der Waals surface area contributed by atoms with Crippen LogP contribution in [0.25, 0.3) is 10.9 Å². The van der Waals surface area contributed by atoms with E-state index in [2.05, 4.69) is 4.98 Å². The molecule has 5 nitrogen and oxygen atoms in total. The van der Waals surface area contributed by atoms with Gasteiger partial charge in [0.25, 0.3) is 5.56 Å². The number of H-pyrrole nitrogens is 1. The Morgan fingerprint density at radius 3 is 2.79 bits per heavy atom. The summed E-state index contributed by atoms with van der Waals surface area (Å²) in [6.45, 7) is 0.204. The number of aromatic nitrogens is 2. The van der Waals surface area contributed by atoms with Crippen LogP contribution in [0.15, 0.2) is 45.3 Å². The fourth-order valence-electron chi connectivity index (χ4n) is 1.98. The van der Waals surface area contributed by atoms with Crippen molar-refractivity contribution in [2.75, 3.05) is 0 Å². The third-order valence-corrected chi connectivity index (χ3v) is 3.74. The van der Waals surface area contributed by atoms with Gasteiger partial charge in [0, 0.05) is 4.88 Å². The number of rotatable bonds is 2. The second-order valence-electron chi connectivity index (χ2n) is 4.10. The molecular weight excluding hydrogens is 264 g/mol. The minimum absolute atomic E-state index is 0.126. The molecule has 0 saturated heterocycles. The molecule has 6 heteroatoms. The number of hydrogen-bond acceptors (Lipinski definition) is 4. The summed E-state index contributed by atoms with van der Waals surface area (Å²) in [6, 6.07) is 8.31. The molecule has 0 saturated carbocycles. The predicted octanol–water partition coefficient (Wildman–Crippen LogP) is 1.51. The molecule has 0 unspecified atom stereocenters. The Morgan fingerprint density at radius 2 is 2.05 bits per heavy atom. The van der Waals surface area contributed by atoms with Crippen molar-refractivity contribution in [3.05, 3.63) is 61.4 Å².